The number of aliphatic hydroxyl groups excluding tert-OH is 1. The normalized spacial score (nSPS) is 12.5. The Hall–Kier alpha value is -0.420. The maximum absolute atomic E-state index is 11.0. The molecular formula is C8H17NO3S. The van der Waals surface area contributed by atoms with Gasteiger partial charge in [-0.05, 0) is 6.42 Å². The number of nitrogens with one attached hydrogen (secondary N) is 1. The van der Waals surface area contributed by atoms with Crippen molar-refractivity contribution in [3.8, 4) is 0 Å². The molecule has 0 saturated carbocycles. The van der Waals surface area contributed by atoms with Crippen molar-refractivity contribution in [3.63, 3.8) is 0 Å². The lowest BCUT2D eigenvalue weighted by molar-refractivity contribution is -0.121. The monoisotopic (exact) mass is 207 g/mol. The second-order valence-electron chi connectivity index (χ2n) is 2.61. The average molecular weight is 207 g/mol. The van der Waals surface area contributed by atoms with Crippen LogP contribution in [-0.4, -0.2) is 39.9 Å². The van der Waals surface area contributed by atoms with Crippen LogP contribution in [0.25, 0.3) is 0 Å². The van der Waals surface area contributed by atoms with Gasteiger partial charge in [0.2, 0.25) is 5.91 Å². The van der Waals surface area contributed by atoms with E-state index >= 15 is 0 Å². The van der Waals surface area contributed by atoms with Gasteiger partial charge in [-0.2, -0.15) is 0 Å². The van der Waals surface area contributed by atoms with Gasteiger partial charge in [0.15, 0.2) is 0 Å². The molecule has 0 aromatic heterocycles. The smallest absolute Gasteiger partial charge is 0.220 e. The third-order valence-corrected chi connectivity index (χ3v) is 2.84. The van der Waals surface area contributed by atoms with Crippen LogP contribution in [0.3, 0.4) is 0 Å². The van der Waals surface area contributed by atoms with Crippen LogP contribution in [0.1, 0.15) is 19.8 Å². The molecule has 78 valence electrons. The summed E-state index contributed by atoms with van der Waals surface area (Å²) in [5, 5.41) is 11.1. The van der Waals surface area contributed by atoms with E-state index in [1.165, 1.54) is 0 Å². The van der Waals surface area contributed by atoms with Crippen molar-refractivity contribution < 1.29 is 14.1 Å². The highest BCUT2D eigenvalue weighted by molar-refractivity contribution is 7.84. The molecule has 1 unspecified atom stereocenters. The van der Waals surface area contributed by atoms with Gasteiger partial charge in [0.1, 0.15) is 0 Å². The van der Waals surface area contributed by atoms with Crippen molar-refractivity contribution in [2.24, 2.45) is 0 Å². The maximum Gasteiger partial charge on any atom is 0.220 e. The number of hydrogen-bond donors (Lipinski definition) is 2. The maximum atomic E-state index is 11.0. The second kappa shape index (κ2) is 8.19. The highest BCUT2D eigenvalue weighted by Gasteiger charge is 2.00. The number of amides is 1. The Morgan fingerprint density at radius 3 is 2.77 bits per heavy atom. The Labute approximate surface area is 81.2 Å². The lowest BCUT2D eigenvalue weighted by Crippen LogP contribution is -2.27. The van der Waals surface area contributed by atoms with E-state index in [2.05, 4.69) is 5.32 Å². The summed E-state index contributed by atoms with van der Waals surface area (Å²) in [6.07, 6.45) is 0.831. The second-order valence-corrected chi connectivity index (χ2v) is 4.47. The fraction of sp³-hybridized carbons (Fsp3) is 0.875. The molecule has 0 radical (unpaired) electrons. The molecule has 5 heteroatoms. The highest BCUT2D eigenvalue weighted by Crippen LogP contribution is 1.86. The van der Waals surface area contributed by atoms with Crippen LogP contribution in [0.4, 0.5) is 0 Å². The summed E-state index contributed by atoms with van der Waals surface area (Å²) in [4.78, 5) is 11.0. The average Bonchev–Trinajstić information content (AvgIpc) is 2.14. The van der Waals surface area contributed by atoms with Crippen LogP contribution < -0.4 is 5.32 Å². The van der Waals surface area contributed by atoms with Crippen molar-refractivity contribution >= 4 is 16.7 Å². The molecule has 0 aromatic carbocycles. The summed E-state index contributed by atoms with van der Waals surface area (Å²) >= 11 is 0. The Balaban J connectivity index is 3.31. The molecule has 0 fully saturated rings. The van der Waals surface area contributed by atoms with Gasteiger partial charge in [-0.15, -0.1) is 0 Å². The van der Waals surface area contributed by atoms with Gasteiger partial charge in [0.05, 0.1) is 0 Å². The number of rotatable bonds is 7. The zero-order valence-electron chi connectivity index (χ0n) is 7.91. The van der Waals surface area contributed by atoms with E-state index in [0.717, 1.165) is 0 Å². The number of carbonyl (C=O) groups excluding carboxylic acids is 1. The quantitative estimate of drug-likeness (QED) is 0.599. The van der Waals surface area contributed by atoms with Crippen LogP contribution in [0, 0.1) is 0 Å². The van der Waals surface area contributed by atoms with E-state index in [1.807, 2.05) is 6.92 Å². The van der Waals surface area contributed by atoms with Crippen LogP contribution in [0.15, 0.2) is 0 Å². The van der Waals surface area contributed by atoms with Crippen molar-refractivity contribution in [1.29, 1.82) is 0 Å². The predicted octanol–water partition coefficient (Wildman–Crippen LogP) is -0.356. The molecule has 0 aromatic rings. The van der Waals surface area contributed by atoms with Crippen molar-refractivity contribution in [2.75, 3.05) is 24.7 Å². The van der Waals surface area contributed by atoms with E-state index in [9.17, 15) is 9.00 Å². The summed E-state index contributed by atoms with van der Waals surface area (Å²) in [5.41, 5.74) is 0. The fourth-order valence-electron chi connectivity index (χ4n) is 0.777. The van der Waals surface area contributed by atoms with Gasteiger partial charge in [-0.3, -0.25) is 9.00 Å². The number of carbonyl (C=O) groups is 1. The zero-order valence-corrected chi connectivity index (χ0v) is 8.73. The third kappa shape index (κ3) is 7.93. The summed E-state index contributed by atoms with van der Waals surface area (Å²) in [6, 6.07) is 0. The topological polar surface area (TPSA) is 66.4 Å². The Morgan fingerprint density at radius 2 is 2.23 bits per heavy atom. The molecule has 0 saturated heterocycles. The Kier molecular flexibility index (Phi) is 7.93. The van der Waals surface area contributed by atoms with E-state index in [1.54, 1.807) is 0 Å². The highest BCUT2D eigenvalue weighted by atomic mass is 32.2. The first kappa shape index (κ1) is 12.6. The zero-order chi connectivity index (χ0) is 10.1. The van der Waals surface area contributed by atoms with Crippen LogP contribution in [0.5, 0.6) is 0 Å². The molecule has 0 aliphatic carbocycles. The molecular weight excluding hydrogens is 190 g/mol. The van der Waals surface area contributed by atoms with Gasteiger partial charge < -0.3 is 10.4 Å². The molecule has 0 bridgehead atoms. The first-order valence-electron chi connectivity index (χ1n) is 4.43. The SMILES string of the molecule is CCS(=O)CCNC(=O)CCCO. The molecule has 1 amide bonds. The first-order valence-corrected chi connectivity index (χ1v) is 5.92. The molecule has 0 rings (SSSR count). The van der Waals surface area contributed by atoms with E-state index < -0.39 is 10.8 Å². The lowest BCUT2D eigenvalue weighted by atomic mass is 10.3. The van der Waals surface area contributed by atoms with Gasteiger partial charge in [0.25, 0.3) is 0 Å². The molecule has 0 spiro atoms. The molecule has 13 heavy (non-hydrogen) atoms. The van der Waals surface area contributed by atoms with Gasteiger partial charge in [-0.1, -0.05) is 6.92 Å². The van der Waals surface area contributed by atoms with Gasteiger partial charge in [0, 0.05) is 41.9 Å². The van der Waals surface area contributed by atoms with Crippen molar-refractivity contribution in [2.45, 2.75) is 19.8 Å². The molecule has 2 N–H and O–H groups in total. The summed E-state index contributed by atoms with van der Waals surface area (Å²) in [5.74, 6) is 1.07. The Bertz CT molecular complexity index is 173. The van der Waals surface area contributed by atoms with Crippen molar-refractivity contribution in [1.82, 2.24) is 5.32 Å². The molecule has 0 aliphatic heterocycles. The third-order valence-electron chi connectivity index (χ3n) is 1.54. The van der Waals surface area contributed by atoms with E-state index in [0.29, 0.717) is 30.9 Å². The van der Waals surface area contributed by atoms with E-state index in [4.69, 9.17) is 5.11 Å². The molecule has 1 atom stereocenters. The van der Waals surface area contributed by atoms with Crippen LogP contribution in [0.2, 0.25) is 0 Å². The summed E-state index contributed by atoms with van der Waals surface area (Å²) in [6.45, 7) is 2.35. The number of hydrogen-bond acceptors (Lipinski definition) is 3. The lowest BCUT2D eigenvalue weighted by Gasteiger charge is -2.03. The summed E-state index contributed by atoms with van der Waals surface area (Å²) < 4.78 is 10.9. The van der Waals surface area contributed by atoms with E-state index in [-0.39, 0.29) is 12.5 Å². The minimum atomic E-state index is -0.813. The first-order chi connectivity index (χ1) is 6.20. The number of aliphatic hydroxyl groups is 1. The predicted molar refractivity (Wildman–Crippen MR) is 52.9 cm³/mol. The standard InChI is InChI=1S/C8H17NO3S/c1-2-13(12)7-5-9-8(11)4-3-6-10/h10H,2-7H2,1H3,(H,9,11). The van der Waals surface area contributed by atoms with Crippen LogP contribution >= 0.6 is 0 Å². The minimum absolute atomic E-state index is 0.0360. The Morgan fingerprint density at radius 1 is 1.54 bits per heavy atom. The molecule has 0 heterocycles. The van der Waals surface area contributed by atoms with Gasteiger partial charge >= 0.3 is 0 Å². The molecule has 0 aliphatic rings. The van der Waals surface area contributed by atoms with Gasteiger partial charge in [-0.25, -0.2) is 0 Å². The minimum Gasteiger partial charge on any atom is -0.396 e. The van der Waals surface area contributed by atoms with Crippen LogP contribution in [-0.2, 0) is 15.6 Å². The largest absolute Gasteiger partial charge is 0.396 e. The summed E-state index contributed by atoms with van der Waals surface area (Å²) in [7, 11) is -0.813. The fourth-order valence-corrected chi connectivity index (χ4v) is 1.40. The molecule has 4 nitrogen and oxygen atoms in total. The van der Waals surface area contributed by atoms with Crippen molar-refractivity contribution in [3.05, 3.63) is 0 Å².